The summed E-state index contributed by atoms with van der Waals surface area (Å²) in [7, 11) is 0. The van der Waals surface area contributed by atoms with Crippen LogP contribution in [0.1, 0.15) is 48.8 Å². The molecule has 0 bridgehead atoms. The van der Waals surface area contributed by atoms with Gasteiger partial charge in [0.25, 0.3) is 0 Å². The van der Waals surface area contributed by atoms with Gasteiger partial charge in [-0.1, -0.05) is 0 Å². The molecule has 0 spiro atoms. The molecule has 23 heavy (non-hydrogen) atoms. The Bertz CT molecular complexity index is 632. The van der Waals surface area contributed by atoms with Crippen LogP contribution in [-0.2, 0) is 4.79 Å². The molecule has 0 unspecified atom stereocenters. The van der Waals surface area contributed by atoms with Crippen molar-refractivity contribution in [2.24, 2.45) is 0 Å². The number of amides is 1. The lowest BCUT2D eigenvalue weighted by Gasteiger charge is -2.11. The first-order valence-corrected chi connectivity index (χ1v) is 7.69. The molecule has 0 aliphatic rings. The topological polar surface area (TPSA) is 68.5 Å². The van der Waals surface area contributed by atoms with Gasteiger partial charge in [-0.05, 0) is 50.2 Å². The van der Waals surface area contributed by atoms with Crippen LogP contribution in [0.4, 0.5) is 0 Å². The van der Waals surface area contributed by atoms with Crippen molar-refractivity contribution in [3.8, 4) is 5.75 Å². The van der Waals surface area contributed by atoms with Gasteiger partial charge < -0.3 is 14.5 Å². The third kappa shape index (κ3) is 4.98. The van der Waals surface area contributed by atoms with Crippen molar-refractivity contribution < 1.29 is 18.7 Å². The van der Waals surface area contributed by atoms with E-state index < -0.39 is 0 Å². The lowest BCUT2D eigenvalue weighted by Crippen LogP contribution is -2.26. The van der Waals surface area contributed by atoms with Crippen molar-refractivity contribution in [2.75, 3.05) is 6.61 Å². The van der Waals surface area contributed by atoms with Crippen molar-refractivity contribution in [2.45, 2.75) is 32.7 Å². The number of hydrogen-bond donors (Lipinski definition) is 1. The van der Waals surface area contributed by atoms with E-state index in [9.17, 15) is 9.59 Å². The Morgan fingerprint density at radius 2 is 1.91 bits per heavy atom. The molecule has 122 valence electrons. The lowest BCUT2D eigenvalue weighted by molar-refractivity contribution is -0.121. The second-order valence-electron chi connectivity index (χ2n) is 5.19. The monoisotopic (exact) mass is 315 g/mol. The van der Waals surface area contributed by atoms with E-state index >= 15 is 0 Å². The SMILES string of the molecule is CCOc1ccc(C(=O)CCC(=O)N[C@@H](C)c2ccco2)cc1. The minimum atomic E-state index is -0.210. The number of furan rings is 1. The van der Waals surface area contributed by atoms with E-state index in [-0.39, 0.29) is 30.6 Å². The quantitative estimate of drug-likeness (QED) is 0.757. The minimum absolute atomic E-state index is 0.0612. The zero-order valence-corrected chi connectivity index (χ0v) is 13.4. The number of carbonyl (C=O) groups is 2. The van der Waals surface area contributed by atoms with Crippen LogP contribution in [0.15, 0.2) is 47.1 Å². The van der Waals surface area contributed by atoms with Gasteiger partial charge in [0.05, 0.1) is 18.9 Å². The Morgan fingerprint density at radius 3 is 2.52 bits per heavy atom. The Kier molecular flexibility index (Phi) is 5.97. The summed E-state index contributed by atoms with van der Waals surface area (Å²) in [5, 5.41) is 2.81. The van der Waals surface area contributed by atoms with Crippen LogP contribution in [0.3, 0.4) is 0 Å². The zero-order chi connectivity index (χ0) is 16.7. The Morgan fingerprint density at radius 1 is 1.17 bits per heavy atom. The Hall–Kier alpha value is -2.56. The van der Waals surface area contributed by atoms with Gasteiger partial charge in [0.1, 0.15) is 11.5 Å². The molecule has 5 heteroatoms. The summed E-state index contributed by atoms with van der Waals surface area (Å²) < 4.78 is 10.6. The van der Waals surface area contributed by atoms with Crippen LogP contribution in [0, 0.1) is 0 Å². The standard InChI is InChI=1S/C18H21NO4/c1-3-22-15-8-6-14(7-9-15)16(20)10-11-18(21)19-13(2)17-5-4-12-23-17/h4-9,12-13H,3,10-11H2,1-2H3,(H,19,21)/t13-/m0/s1. The van der Waals surface area contributed by atoms with Crippen LogP contribution in [-0.4, -0.2) is 18.3 Å². The van der Waals surface area contributed by atoms with E-state index in [2.05, 4.69) is 5.32 Å². The number of benzene rings is 1. The van der Waals surface area contributed by atoms with Crippen molar-refractivity contribution >= 4 is 11.7 Å². The maximum absolute atomic E-state index is 12.1. The first-order chi connectivity index (χ1) is 11.1. The van der Waals surface area contributed by atoms with Gasteiger partial charge in [-0.3, -0.25) is 9.59 Å². The highest BCUT2D eigenvalue weighted by molar-refractivity contribution is 5.98. The number of ether oxygens (including phenoxy) is 1. The average molecular weight is 315 g/mol. The van der Waals surface area contributed by atoms with Crippen molar-refractivity contribution in [1.82, 2.24) is 5.32 Å². The molecule has 2 rings (SSSR count). The van der Waals surface area contributed by atoms with Gasteiger partial charge in [-0.25, -0.2) is 0 Å². The van der Waals surface area contributed by atoms with Crippen LogP contribution < -0.4 is 10.1 Å². The van der Waals surface area contributed by atoms with Gasteiger partial charge in [0.2, 0.25) is 5.91 Å². The molecule has 1 heterocycles. The molecule has 0 aliphatic carbocycles. The summed E-state index contributed by atoms with van der Waals surface area (Å²) in [4.78, 5) is 24.0. The molecule has 0 fully saturated rings. The second-order valence-corrected chi connectivity index (χ2v) is 5.19. The van der Waals surface area contributed by atoms with Gasteiger partial charge >= 0.3 is 0 Å². The smallest absolute Gasteiger partial charge is 0.221 e. The Labute approximate surface area is 135 Å². The van der Waals surface area contributed by atoms with Crippen LogP contribution in [0.25, 0.3) is 0 Å². The van der Waals surface area contributed by atoms with Crippen LogP contribution in [0.5, 0.6) is 5.75 Å². The fraction of sp³-hybridized carbons (Fsp3) is 0.333. The lowest BCUT2D eigenvalue weighted by atomic mass is 10.1. The zero-order valence-electron chi connectivity index (χ0n) is 13.4. The number of ketones is 1. The molecular formula is C18H21NO4. The van der Waals surface area contributed by atoms with Crippen molar-refractivity contribution in [3.05, 3.63) is 54.0 Å². The predicted octanol–water partition coefficient (Wildman–Crippen LogP) is 3.52. The molecule has 1 N–H and O–H groups in total. The fourth-order valence-corrected chi connectivity index (χ4v) is 2.20. The largest absolute Gasteiger partial charge is 0.494 e. The molecule has 0 aliphatic heterocycles. The minimum Gasteiger partial charge on any atom is -0.494 e. The summed E-state index contributed by atoms with van der Waals surface area (Å²) in [5.74, 6) is 1.19. The van der Waals surface area contributed by atoms with Crippen molar-refractivity contribution in [1.29, 1.82) is 0 Å². The third-order valence-corrected chi connectivity index (χ3v) is 3.41. The molecular weight excluding hydrogens is 294 g/mol. The van der Waals surface area contributed by atoms with Gasteiger partial charge in [-0.2, -0.15) is 0 Å². The van der Waals surface area contributed by atoms with E-state index in [0.717, 1.165) is 5.75 Å². The highest BCUT2D eigenvalue weighted by atomic mass is 16.5. The molecule has 0 saturated carbocycles. The maximum atomic E-state index is 12.1. The number of rotatable bonds is 8. The number of Topliss-reactive ketones (excluding diaryl/α,β-unsaturated/α-hetero) is 1. The van der Waals surface area contributed by atoms with E-state index in [4.69, 9.17) is 9.15 Å². The summed E-state index contributed by atoms with van der Waals surface area (Å²) in [6.07, 6.45) is 1.88. The van der Waals surface area contributed by atoms with E-state index in [1.807, 2.05) is 13.8 Å². The summed E-state index contributed by atoms with van der Waals surface area (Å²) in [6, 6.07) is 10.3. The molecule has 1 aromatic carbocycles. The van der Waals surface area contributed by atoms with E-state index in [0.29, 0.717) is 17.9 Å². The highest BCUT2D eigenvalue weighted by Crippen LogP contribution is 2.15. The second kappa shape index (κ2) is 8.17. The third-order valence-electron chi connectivity index (χ3n) is 3.41. The average Bonchev–Trinajstić information content (AvgIpc) is 3.08. The molecule has 1 atom stereocenters. The molecule has 5 nitrogen and oxygen atoms in total. The van der Waals surface area contributed by atoms with Gasteiger partial charge in [0, 0.05) is 18.4 Å². The number of carbonyl (C=O) groups excluding carboxylic acids is 2. The van der Waals surface area contributed by atoms with Gasteiger partial charge in [-0.15, -0.1) is 0 Å². The van der Waals surface area contributed by atoms with E-state index in [1.165, 1.54) is 0 Å². The molecule has 1 aromatic heterocycles. The van der Waals surface area contributed by atoms with Crippen LogP contribution >= 0.6 is 0 Å². The van der Waals surface area contributed by atoms with Crippen molar-refractivity contribution in [3.63, 3.8) is 0 Å². The van der Waals surface area contributed by atoms with Gasteiger partial charge in [0.15, 0.2) is 5.78 Å². The molecule has 1 amide bonds. The number of nitrogens with one attached hydrogen (secondary N) is 1. The molecule has 0 saturated heterocycles. The highest BCUT2D eigenvalue weighted by Gasteiger charge is 2.14. The summed E-state index contributed by atoms with van der Waals surface area (Å²) >= 11 is 0. The number of hydrogen-bond acceptors (Lipinski definition) is 4. The Balaban J connectivity index is 1.80. The molecule has 2 aromatic rings. The maximum Gasteiger partial charge on any atom is 0.221 e. The summed E-state index contributed by atoms with van der Waals surface area (Å²) in [6.45, 7) is 4.33. The van der Waals surface area contributed by atoms with E-state index in [1.54, 1.807) is 42.7 Å². The predicted molar refractivity (Wildman–Crippen MR) is 86.4 cm³/mol. The normalized spacial score (nSPS) is 11.7. The van der Waals surface area contributed by atoms with Crippen LogP contribution in [0.2, 0.25) is 0 Å². The fourth-order valence-electron chi connectivity index (χ4n) is 2.20. The first kappa shape index (κ1) is 16.8. The first-order valence-electron chi connectivity index (χ1n) is 7.69. The molecule has 0 radical (unpaired) electrons. The summed E-state index contributed by atoms with van der Waals surface area (Å²) in [5.41, 5.74) is 0.584.